The van der Waals surface area contributed by atoms with Crippen molar-refractivity contribution < 1.29 is 18.3 Å². The number of rotatable bonds is 8. The maximum Gasteiger partial charge on any atom is 0.213 e. The lowest BCUT2D eigenvalue weighted by Gasteiger charge is -2.21. The molecule has 0 spiro atoms. The van der Waals surface area contributed by atoms with Gasteiger partial charge in [-0.3, -0.25) is 0 Å². The lowest BCUT2D eigenvalue weighted by Crippen LogP contribution is -2.41. The van der Waals surface area contributed by atoms with Crippen molar-refractivity contribution in [3.8, 4) is 0 Å². The van der Waals surface area contributed by atoms with Crippen LogP contribution in [0.3, 0.4) is 0 Å². The summed E-state index contributed by atoms with van der Waals surface area (Å²) in [7, 11) is -3.36. The van der Waals surface area contributed by atoms with Crippen molar-refractivity contribution in [2.24, 2.45) is 0 Å². The summed E-state index contributed by atoms with van der Waals surface area (Å²) >= 11 is 0. The summed E-state index contributed by atoms with van der Waals surface area (Å²) in [6.07, 6.45) is 0.520. The highest BCUT2D eigenvalue weighted by Gasteiger charge is 2.20. The molecule has 6 heteroatoms. The second-order valence-electron chi connectivity index (χ2n) is 4.41. The molecule has 2 N–H and O–H groups in total. The summed E-state index contributed by atoms with van der Waals surface area (Å²) in [4.78, 5) is 0. The maximum atomic E-state index is 11.5. The van der Waals surface area contributed by atoms with Crippen molar-refractivity contribution in [1.82, 2.24) is 4.72 Å². The van der Waals surface area contributed by atoms with Gasteiger partial charge in [-0.15, -0.1) is 0 Å². The van der Waals surface area contributed by atoms with Gasteiger partial charge in [-0.25, -0.2) is 13.1 Å². The third-order valence-corrected chi connectivity index (χ3v) is 3.53. The Balaban J connectivity index is 3.97. The van der Waals surface area contributed by atoms with E-state index in [1.165, 1.54) is 0 Å². The van der Waals surface area contributed by atoms with E-state index in [0.29, 0.717) is 6.42 Å². The highest BCUT2D eigenvalue weighted by atomic mass is 32.2. The molecule has 0 aliphatic heterocycles. The van der Waals surface area contributed by atoms with Gasteiger partial charge in [0, 0.05) is 6.54 Å². The second kappa shape index (κ2) is 6.54. The molecule has 0 heterocycles. The van der Waals surface area contributed by atoms with Crippen molar-refractivity contribution in [3.63, 3.8) is 0 Å². The standard InChI is InChI=1S/C10H23NO4S/c1-5-10(4,12)8-11-16(13,14)7-6-15-9(2)3/h9,11-12H,5-8H2,1-4H3. The normalized spacial score (nSPS) is 16.4. The van der Waals surface area contributed by atoms with Crippen LogP contribution in [0.2, 0.25) is 0 Å². The van der Waals surface area contributed by atoms with Crippen LogP contribution in [0.5, 0.6) is 0 Å². The fraction of sp³-hybridized carbons (Fsp3) is 1.00. The van der Waals surface area contributed by atoms with Gasteiger partial charge in [0.2, 0.25) is 10.0 Å². The molecule has 0 aliphatic carbocycles. The van der Waals surface area contributed by atoms with Crippen LogP contribution in [0, 0.1) is 0 Å². The lowest BCUT2D eigenvalue weighted by molar-refractivity contribution is 0.0610. The number of aliphatic hydroxyl groups is 1. The fourth-order valence-electron chi connectivity index (χ4n) is 0.856. The van der Waals surface area contributed by atoms with Gasteiger partial charge in [0.25, 0.3) is 0 Å². The van der Waals surface area contributed by atoms with Gasteiger partial charge in [-0.1, -0.05) is 6.92 Å². The van der Waals surface area contributed by atoms with Gasteiger partial charge >= 0.3 is 0 Å². The largest absolute Gasteiger partial charge is 0.389 e. The molecule has 1 atom stereocenters. The first-order valence-electron chi connectivity index (χ1n) is 5.50. The third-order valence-electron chi connectivity index (χ3n) is 2.24. The first kappa shape index (κ1) is 15.8. The van der Waals surface area contributed by atoms with Crippen LogP contribution in [0.1, 0.15) is 34.1 Å². The summed E-state index contributed by atoms with van der Waals surface area (Å²) < 4.78 is 30.5. The van der Waals surface area contributed by atoms with E-state index in [-0.39, 0.29) is 25.0 Å². The van der Waals surface area contributed by atoms with Crippen LogP contribution in [-0.2, 0) is 14.8 Å². The molecule has 0 radical (unpaired) electrons. The molecule has 0 bridgehead atoms. The minimum atomic E-state index is -3.36. The van der Waals surface area contributed by atoms with E-state index in [2.05, 4.69) is 4.72 Å². The fourth-order valence-corrected chi connectivity index (χ4v) is 1.85. The minimum absolute atomic E-state index is 0.0222. The molecular formula is C10H23NO4S. The van der Waals surface area contributed by atoms with Crippen LogP contribution < -0.4 is 4.72 Å². The van der Waals surface area contributed by atoms with Gasteiger partial charge in [0.05, 0.1) is 24.1 Å². The molecule has 0 fully saturated rings. The monoisotopic (exact) mass is 253 g/mol. The molecule has 1 unspecified atom stereocenters. The minimum Gasteiger partial charge on any atom is -0.389 e. The van der Waals surface area contributed by atoms with Crippen LogP contribution in [0.15, 0.2) is 0 Å². The molecule has 0 amide bonds. The van der Waals surface area contributed by atoms with Crippen molar-refractivity contribution in [1.29, 1.82) is 0 Å². The van der Waals surface area contributed by atoms with E-state index < -0.39 is 15.6 Å². The van der Waals surface area contributed by atoms with Crippen molar-refractivity contribution in [2.75, 3.05) is 18.9 Å². The highest BCUT2D eigenvalue weighted by Crippen LogP contribution is 2.06. The number of hydrogen-bond donors (Lipinski definition) is 2. The molecule has 0 aliphatic rings. The maximum absolute atomic E-state index is 11.5. The molecular weight excluding hydrogens is 230 g/mol. The summed E-state index contributed by atoms with van der Waals surface area (Å²) in [5.74, 6) is -0.0784. The quantitative estimate of drug-likeness (QED) is 0.660. The Bertz CT molecular complexity index is 285. The van der Waals surface area contributed by atoms with E-state index in [1.807, 2.05) is 13.8 Å². The Morgan fingerprint density at radius 1 is 1.44 bits per heavy atom. The molecule has 0 saturated heterocycles. The zero-order valence-electron chi connectivity index (χ0n) is 10.5. The zero-order chi connectivity index (χ0) is 12.8. The number of sulfonamides is 1. The predicted molar refractivity (Wildman–Crippen MR) is 63.8 cm³/mol. The third kappa shape index (κ3) is 8.04. The Kier molecular flexibility index (Phi) is 6.47. The van der Waals surface area contributed by atoms with Crippen molar-refractivity contribution >= 4 is 10.0 Å². The second-order valence-corrected chi connectivity index (χ2v) is 6.34. The molecule has 98 valence electrons. The van der Waals surface area contributed by atoms with Gasteiger partial charge in [0.1, 0.15) is 0 Å². The molecule has 0 saturated carbocycles. The smallest absolute Gasteiger partial charge is 0.213 e. The first-order valence-corrected chi connectivity index (χ1v) is 7.15. The Morgan fingerprint density at radius 3 is 2.44 bits per heavy atom. The van der Waals surface area contributed by atoms with Gasteiger partial charge in [-0.05, 0) is 27.2 Å². The lowest BCUT2D eigenvalue weighted by atomic mass is 10.1. The molecule has 0 aromatic rings. The van der Waals surface area contributed by atoms with E-state index in [1.54, 1.807) is 13.8 Å². The summed E-state index contributed by atoms with van der Waals surface area (Å²) in [6, 6.07) is 0. The summed E-state index contributed by atoms with van der Waals surface area (Å²) in [5, 5.41) is 9.64. The Hall–Kier alpha value is -0.170. The van der Waals surface area contributed by atoms with Crippen LogP contribution in [0.4, 0.5) is 0 Å². The Labute approximate surface area is 98.2 Å². The van der Waals surface area contributed by atoms with Crippen molar-refractivity contribution in [3.05, 3.63) is 0 Å². The number of ether oxygens (including phenoxy) is 1. The van der Waals surface area contributed by atoms with Crippen LogP contribution in [-0.4, -0.2) is 44.1 Å². The van der Waals surface area contributed by atoms with E-state index in [9.17, 15) is 13.5 Å². The van der Waals surface area contributed by atoms with Gasteiger partial charge in [-0.2, -0.15) is 0 Å². The first-order chi connectivity index (χ1) is 7.18. The molecule has 16 heavy (non-hydrogen) atoms. The Morgan fingerprint density at radius 2 is 2.00 bits per heavy atom. The van der Waals surface area contributed by atoms with Crippen molar-refractivity contribution in [2.45, 2.75) is 45.8 Å². The molecule has 0 rings (SSSR count). The summed E-state index contributed by atoms with van der Waals surface area (Å²) in [5.41, 5.74) is -0.994. The summed E-state index contributed by atoms with van der Waals surface area (Å²) in [6.45, 7) is 7.30. The predicted octanol–water partition coefficient (Wildman–Crippen LogP) is 0.492. The van der Waals surface area contributed by atoms with E-state index >= 15 is 0 Å². The van der Waals surface area contributed by atoms with Gasteiger partial charge in [0.15, 0.2) is 0 Å². The van der Waals surface area contributed by atoms with E-state index in [0.717, 1.165) is 0 Å². The SMILES string of the molecule is CCC(C)(O)CNS(=O)(=O)CCOC(C)C. The number of hydrogen-bond acceptors (Lipinski definition) is 4. The highest BCUT2D eigenvalue weighted by molar-refractivity contribution is 7.89. The van der Waals surface area contributed by atoms with Gasteiger partial charge < -0.3 is 9.84 Å². The average molecular weight is 253 g/mol. The average Bonchev–Trinajstić information content (AvgIpc) is 2.14. The topological polar surface area (TPSA) is 75.6 Å². The van der Waals surface area contributed by atoms with Crippen LogP contribution >= 0.6 is 0 Å². The molecule has 0 aromatic heterocycles. The number of nitrogens with one attached hydrogen (secondary N) is 1. The van der Waals surface area contributed by atoms with Crippen LogP contribution in [0.25, 0.3) is 0 Å². The zero-order valence-corrected chi connectivity index (χ0v) is 11.3. The molecule has 5 nitrogen and oxygen atoms in total. The van der Waals surface area contributed by atoms with E-state index in [4.69, 9.17) is 4.74 Å². The molecule has 0 aromatic carbocycles.